The van der Waals surface area contributed by atoms with Gasteiger partial charge in [0.2, 0.25) is 0 Å². The van der Waals surface area contributed by atoms with Crippen LogP contribution in [0.1, 0.15) is 15.9 Å². The average Bonchev–Trinajstić information content (AvgIpc) is 2.46. The van der Waals surface area contributed by atoms with Crippen molar-refractivity contribution in [3.05, 3.63) is 52.4 Å². The van der Waals surface area contributed by atoms with E-state index in [0.29, 0.717) is 24.5 Å². The molecule has 2 rings (SSSR count). The van der Waals surface area contributed by atoms with Crippen molar-refractivity contribution in [3.63, 3.8) is 0 Å². The normalized spacial score (nSPS) is 10.1. The summed E-state index contributed by atoms with van der Waals surface area (Å²) < 4.78 is 0.796. The summed E-state index contributed by atoms with van der Waals surface area (Å²) in [7, 11) is 0. The monoisotopic (exact) mass is 334 g/mol. The molecule has 0 spiro atoms. The minimum Gasteiger partial charge on any atom is -0.367 e. The summed E-state index contributed by atoms with van der Waals surface area (Å²) in [5.74, 6) is 0.637. The number of carbonyl (C=O) groups excluding carboxylic acids is 1. The van der Waals surface area contributed by atoms with E-state index in [-0.39, 0.29) is 5.91 Å². The number of rotatable bonds is 5. The maximum absolute atomic E-state index is 11.9. The average molecular weight is 335 g/mol. The third-order valence-electron chi connectivity index (χ3n) is 2.68. The number of aryl methyl sites for hydroxylation is 1. The summed E-state index contributed by atoms with van der Waals surface area (Å²) in [6.07, 6.45) is 3.14. The number of aromatic nitrogens is 2. The van der Waals surface area contributed by atoms with Crippen molar-refractivity contribution in [1.29, 1.82) is 0 Å². The highest BCUT2D eigenvalue weighted by Gasteiger charge is 2.04. The summed E-state index contributed by atoms with van der Waals surface area (Å²) in [5, 5.41) is 5.96. The molecule has 6 heteroatoms. The molecule has 0 unspecified atom stereocenters. The zero-order chi connectivity index (χ0) is 14.4. The first-order valence-corrected chi connectivity index (χ1v) is 7.00. The Morgan fingerprint density at radius 2 is 2.00 bits per heavy atom. The first-order chi connectivity index (χ1) is 9.66. The Labute approximate surface area is 126 Å². The third kappa shape index (κ3) is 4.03. The number of amides is 1. The highest BCUT2D eigenvalue weighted by molar-refractivity contribution is 9.10. The lowest BCUT2D eigenvalue weighted by Gasteiger charge is -2.08. The SMILES string of the molecule is Cc1ccc(C(=O)NCCNc2ncncc2Br)cc1. The number of nitrogens with zero attached hydrogens (tertiary/aromatic N) is 2. The fourth-order valence-corrected chi connectivity index (χ4v) is 1.97. The van der Waals surface area contributed by atoms with Gasteiger partial charge in [0.05, 0.1) is 4.47 Å². The Bertz CT molecular complexity index is 586. The maximum atomic E-state index is 11.9. The van der Waals surface area contributed by atoms with Crippen LogP contribution in [0.2, 0.25) is 0 Å². The largest absolute Gasteiger partial charge is 0.367 e. The molecule has 20 heavy (non-hydrogen) atoms. The van der Waals surface area contributed by atoms with Crippen LogP contribution in [0.5, 0.6) is 0 Å². The summed E-state index contributed by atoms with van der Waals surface area (Å²) in [6.45, 7) is 3.10. The van der Waals surface area contributed by atoms with Gasteiger partial charge in [-0.3, -0.25) is 4.79 Å². The molecule has 0 bridgehead atoms. The number of hydrogen-bond donors (Lipinski definition) is 2. The number of benzene rings is 1. The lowest BCUT2D eigenvalue weighted by atomic mass is 10.1. The molecule has 1 heterocycles. The first-order valence-electron chi connectivity index (χ1n) is 6.21. The van der Waals surface area contributed by atoms with Crippen molar-refractivity contribution in [3.8, 4) is 0 Å². The second kappa shape index (κ2) is 7.00. The molecule has 0 aliphatic carbocycles. The summed E-state index contributed by atoms with van der Waals surface area (Å²) >= 11 is 3.35. The predicted octanol–water partition coefficient (Wildman–Crippen LogP) is 2.39. The van der Waals surface area contributed by atoms with E-state index in [1.54, 1.807) is 6.20 Å². The number of hydrogen-bond acceptors (Lipinski definition) is 4. The highest BCUT2D eigenvalue weighted by atomic mass is 79.9. The second-order valence-corrected chi connectivity index (χ2v) is 5.12. The number of halogens is 1. The van der Waals surface area contributed by atoms with E-state index in [2.05, 4.69) is 36.5 Å². The Kier molecular flexibility index (Phi) is 5.06. The highest BCUT2D eigenvalue weighted by Crippen LogP contribution is 2.16. The topological polar surface area (TPSA) is 66.9 Å². The molecule has 5 nitrogen and oxygen atoms in total. The van der Waals surface area contributed by atoms with Gasteiger partial charge >= 0.3 is 0 Å². The van der Waals surface area contributed by atoms with Gasteiger partial charge in [0.1, 0.15) is 12.1 Å². The molecule has 1 aromatic carbocycles. The third-order valence-corrected chi connectivity index (χ3v) is 3.26. The van der Waals surface area contributed by atoms with E-state index < -0.39 is 0 Å². The Morgan fingerprint density at radius 3 is 2.70 bits per heavy atom. The smallest absolute Gasteiger partial charge is 0.251 e. The van der Waals surface area contributed by atoms with Gasteiger partial charge in [-0.05, 0) is 35.0 Å². The van der Waals surface area contributed by atoms with Crippen molar-refractivity contribution in [1.82, 2.24) is 15.3 Å². The molecule has 1 amide bonds. The second-order valence-electron chi connectivity index (χ2n) is 4.27. The van der Waals surface area contributed by atoms with Crippen LogP contribution in [0.4, 0.5) is 5.82 Å². The molecule has 0 radical (unpaired) electrons. The van der Waals surface area contributed by atoms with E-state index in [9.17, 15) is 4.79 Å². The molecule has 1 aromatic heterocycles. The quantitative estimate of drug-likeness (QED) is 0.824. The Hall–Kier alpha value is -1.95. The van der Waals surface area contributed by atoms with Crippen molar-refractivity contribution < 1.29 is 4.79 Å². The van der Waals surface area contributed by atoms with E-state index in [1.165, 1.54) is 6.33 Å². The molecule has 0 aliphatic rings. The number of nitrogens with one attached hydrogen (secondary N) is 2. The molecule has 2 aromatic rings. The zero-order valence-corrected chi connectivity index (χ0v) is 12.6. The van der Waals surface area contributed by atoms with Gasteiger partial charge in [0.25, 0.3) is 5.91 Å². The standard InChI is InChI=1S/C14H15BrN4O/c1-10-2-4-11(5-3-10)14(20)18-7-6-17-13-12(15)8-16-9-19-13/h2-5,8-9H,6-7H2,1H3,(H,18,20)(H,16,17,19). The molecular weight excluding hydrogens is 320 g/mol. The fourth-order valence-electron chi connectivity index (χ4n) is 1.61. The van der Waals surface area contributed by atoms with Crippen LogP contribution in [0.25, 0.3) is 0 Å². The molecule has 0 atom stereocenters. The summed E-state index contributed by atoms with van der Waals surface area (Å²) in [4.78, 5) is 19.8. The minimum atomic E-state index is -0.0754. The van der Waals surface area contributed by atoms with Gasteiger partial charge in [-0.1, -0.05) is 17.7 Å². The van der Waals surface area contributed by atoms with Crippen molar-refractivity contribution in [2.75, 3.05) is 18.4 Å². The van der Waals surface area contributed by atoms with Gasteiger partial charge < -0.3 is 10.6 Å². The molecular formula is C14H15BrN4O. The zero-order valence-electron chi connectivity index (χ0n) is 11.1. The van der Waals surface area contributed by atoms with Gasteiger partial charge in [-0.25, -0.2) is 9.97 Å². The van der Waals surface area contributed by atoms with Gasteiger partial charge in [0.15, 0.2) is 0 Å². The summed E-state index contributed by atoms with van der Waals surface area (Å²) in [5.41, 5.74) is 1.80. The van der Waals surface area contributed by atoms with Gasteiger partial charge in [-0.2, -0.15) is 0 Å². The molecule has 0 aliphatic heterocycles. The molecule has 0 fully saturated rings. The molecule has 0 saturated heterocycles. The molecule has 104 valence electrons. The lowest BCUT2D eigenvalue weighted by molar-refractivity contribution is 0.0955. The van der Waals surface area contributed by atoms with Crippen LogP contribution in [-0.4, -0.2) is 29.0 Å². The van der Waals surface area contributed by atoms with Crippen LogP contribution >= 0.6 is 15.9 Å². The Balaban J connectivity index is 1.77. The number of anilines is 1. The van der Waals surface area contributed by atoms with Crippen LogP contribution in [-0.2, 0) is 0 Å². The van der Waals surface area contributed by atoms with Crippen LogP contribution in [0.15, 0.2) is 41.3 Å². The maximum Gasteiger partial charge on any atom is 0.251 e. The predicted molar refractivity (Wildman–Crippen MR) is 81.7 cm³/mol. The van der Waals surface area contributed by atoms with E-state index >= 15 is 0 Å². The van der Waals surface area contributed by atoms with Gasteiger partial charge in [0, 0.05) is 24.8 Å². The van der Waals surface area contributed by atoms with Crippen molar-refractivity contribution in [2.24, 2.45) is 0 Å². The van der Waals surface area contributed by atoms with Crippen LogP contribution in [0.3, 0.4) is 0 Å². The fraction of sp³-hybridized carbons (Fsp3) is 0.214. The van der Waals surface area contributed by atoms with E-state index in [1.807, 2.05) is 31.2 Å². The first kappa shape index (κ1) is 14.5. The van der Waals surface area contributed by atoms with Crippen LogP contribution in [0, 0.1) is 6.92 Å². The number of carbonyl (C=O) groups is 1. The van der Waals surface area contributed by atoms with E-state index in [0.717, 1.165) is 10.0 Å². The molecule has 2 N–H and O–H groups in total. The minimum absolute atomic E-state index is 0.0754. The van der Waals surface area contributed by atoms with Crippen LogP contribution < -0.4 is 10.6 Å². The van der Waals surface area contributed by atoms with Gasteiger partial charge in [-0.15, -0.1) is 0 Å². The molecule has 0 saturated carbocycles. The summed E-state index contributed by atoms with van der Waals surface area (Å²) in [6, 6.07) is 7.48. The Morgan fingerprint density at radius 1 is 1.25 bits per heavy atom. The van der Waals surface area contributed by atoms with Crippen molar-refractivity contribution >= 4 is 27.7 Å². The van der Waals surface area contributed by atoms with Crippen molar-refractivity contribution in [2.45, 2.75) is 6.92 Å². The van der Waals surface area contributed by atoms with E-state index in [4.69, 9.17) is 0 Å². The lowest BCUT2D eigenvalue weighted by Crippen LogP contribution is -2.28.